The summed E-state index contributed by atoms with van der Waals surface area (Å²) in [6.45, 7) is 1.54. The molecule has 1 rings (SSSR count). The van der Waals surface area contributed by atoms with E-state index in [1.54, 1.807) is 6.92 Å². The maximum atomic E-state index is 10.1. The first-order valence-corrected chi connectivity index (χ1v) is 3.22. The van der Waals surface area contributed by atoms with Gasteiger partial charge in [-0.15, -0.1) is 5.10 Å². The van der Waals surface area contributed by atoms with Crippen molar-refractivity contribution in [2.24, 2.45) is 0 Å². The van der Waals surface area contributed by atoms with Crippen LogP contribution < -0.4 is 0 Å². The predicted octanol–water partition coefficient (Wildman–Crippen LogP) is -0.0414. The molecule has 0 radical (unpaired) electrons. The van der Waals surface area contributed by atoms with Crippen LogP contribution in [0.5, 0.6) is 0 Å². The van der Waals surface area contributed by atoms with Gasteiger partial charge in [0.1, 0.15) is 0 Å². The van der Waals surface area contributed by atoms with E-state index in [2.05, 4.69) is 14.6 Å². The van der Waals surface area contributed by atoms with Crippen molar-refractivity contribution < 1.29 is 13.2 Å². The van der Waals surface area contributed by atoms with E-state index in [0.29, 0.717) is 0 Å². The minimum absolute atomic E-state index is 0.257. The molecule has 0 aliphatic heterocycles. The Balaban J connectivity index is 2.98. The fraction of sp³-hybridized carbons (Fsp3) is 0.333. The fourth-order valence-electron chi connectivity index (χ4n) is 0.349. The van der Waals surface area contributed by atoms with Gasteiger partial charge >= 0.3 is 5.22 Å². The van der Waals surface area contributed by atoms with Crippen LogP contribution in [0.1, 0.15) is 5.89 Å². The molecule has 5 nitrogen and oxygen atoms in total. The molecule has 1 heterocycles. The molecule has 1 aromatic rings. The third-order valence-corrected chi connectivity index (χ3v) is 1.12. The van der Waals surface area contributed by atoms with E-state index in [4.69, 9.17) is 4.55 Å². The minimum Gasteiger partial charge on any atom is -0.413 e. The number of hydrogen-bond acceptors (Lipinski definition) is 4. The Morgan fingerprint density at radius 1 is 1.67 bits per heavy atom. The standard InChI is InChI=1S/C3H4N2O3S/c1-2-4-5-3(8-2)9(6)7/h1H3,(H,6,7). The molecule has 0 aliphatic rings. The van der Waals surface area contributed by atoms with Gasteiger partial charge in [0.05, 0.1) is 0 Å². The molecule has 6 heteroatoms. The first kappa shape index (κ1) is 6.37. The van der Waals surface area contributed by atoms with Crippen molar-refractivity contribution >= 4 is 11.1 Å². The van der Waals surface area contributed by atoms with Gasteiger partial charge in [-0.3, -0.25) is 4.55 Å². The van der Waals surface area contributed by atoms with Crippen LogP contribution >= 0.6 is 0 Å². The molecular formula is C3H4N2O3S. The number of aryl methyl sites for hydroxylation is 1. The fourth-order valence-corrected chi connectivity index (χ4v) is 0.652. The lowest BCUT2D eigenvalue weighted by Crippen LogP contribution is -1.86. The van der Waals surface area contributed by atoms with E-state index in [0.717, 1.165) is 0 Å². The normalized spacial score (nSPS) is 13.6. The minimum atomic E-state index is -2.15. The third-order valence-electron chi connectivity index (χ3n) is 0.657. The number of aromatic nitrogens is 2. The summed E-state index contributed by atoms with van der Waals surface area (Å²) in [5, 5.41) is 6.36. The second-order valence-corrected chi connectivity index (χ2v) is 2.18. The average molecular weight is 148 g/mol. The highest BCUT2D eigenvalue weighted by atomic mass is 32.2. The monoisotopic (exact) mass is 148 g/mol. The Morgan fingerprint density at radius 3 is 2.56 bits per heavy atom. The maximum absolute atomic E-state index is 10.1. The quantitative estimate of drug-likeness (QED) is 0.565. The Bertz CT molecular complexity index is 233. The molecular weight excluding hydrogens is 144 g/mol. The summed E-state index contributed by atoms with van der Waals surface area (Å²) in [7, 11) is 0. The molecule has 0 fully saturated rings. The van der Waals surface area contributed by atoms with Gasteiger partial charge in [0.25, 0.3) is 0 Å². The van der Waals surface area contributed by atoms with Gasteiger partial charge in [-0.2, -0.15) is 0 Å². The molecule has 1 N–H and O–H groups in total. The lowest BCUT2D eigenvalue weighted by atomic mass is 10.8. The van der Waals surface area contributed by atoms with E-state index in [1.807, 2.05) is 0 Å². The summed E-state index contributed by atoms with van der Waals surface area (Å²) in [6, 6.07) is 0. The summed E-state index contributed by atoms with van der Waals surface area (Å²) in [6.07, 6.45) is 0. The highest BCUT2D eigenvalue weighted by Crippen LogP contribution is 1.99. The summed E-state index contributed by atoms with van der Waals surface area (Å²) >= 11 is -2.15. The van der Waals surface area contributed by atoms with Crippen molar-refractivity contribution in [2.75, 3.05) is 0 Å². The lowest BCUT2D eigenvalue weighted by Gasteiger charge is -1.78. The predicted molar refractivity (Wildman–Crippen MR) is 28.1 cm³/mol. The van der Waals surface area contributed by atoms with Crippen molar-refractivity contribution in [3.8, 4) is 0 Å². The van der Waals surface area contributed by atoms with Gasteiger partial charge in [-0.25, -0.2) is 4.21 Å². The first-order valence-electron chi connectivity index (χ1n) is 2.11. The van der Waals surface area contributed by atoms with Gasteiger partial charge < -0.3 is 4.42 Å². The van der Waals surface area contributed by atoms with Crippen LogP contribution in [-0.4, -0.2) is 19.0 Å². The van der Waals surface area contributed by atoms with Crippen molar-refractivity contribution in [3.63, 3.8) is 0 Å². The van der Waals surface area contributed by atoms with E-state index in [1.165, 1.54) is 0 Å². The SMILES string of the molecule is Cc1nnc(S(=O)O)o1. The van der Waals surface area contributed by atoms with Crippen LogP contribution in [0.4, 0.5) is 0 Å². The van der Waals surface area contributed by atoms with Crippen molar-refractivity contribution in [3.05, 3.63) is 5.89 Å². The first-order chi connectivity index (χ1) is 4.20. The maximum Gasteiger partial charge on any atom is 0.335 e. The zero-order valence-electron chi connectivity index (χ0n) is 4.57. The van der Waals surface area contributed by atoms with Crippen LogP contribution in [-0.2, 0) is 11.1 Å². The average Bonchev–Trinajstić information content (AvgIpc) is 2.14. The molecule has 1 unspecified atom stereocenters. The lowest BCUT2D eigenvalue weighted by molar-refractivity contribution is 0.403. The van der Waals surface area contributed by atoms with Gasteiger partial charge in [0.2, 0.25) is 17.0 Å². The highest BCUT2D eigenvalue weighted by molar-refractivity contribution is 7.78. The van der Waals surface area contributed by atoms with E-state index >= 15 is 0 Å². The van der Waals surface area contributed by atoms with Gasteiger partial charge in [0, 0.05) is 6.92 Å². The summed E-state index contributed by atoms with van der Waals surface area (Å²) < 4.78 is 23.0. The summed E-state index contributed by atoms with van der Waals surface area (Å²) in [5.41, 5.74) is 0. The number of hydrogen-bond donors (Lipinski definition) is 1. The van der Waals surface area contributed by atoms with Crippen molar-refractivity contribution in [1.82, 2.24) is 10.2 Å². The molecule has 0 aromatic carbocycles. The summed E-state index contributed by atoms with van der Waals surface area (Å²) in [4.78, 5) is 0. The van der Waals surface area contributed by atoms with E-state index in [-0.39, 0.29) is 11.1 Å². The van der Waals surface area contributed by atoms with Crippen molar-refractivity contribution in [1.29, 1.82) is 0 Å². The second kappa shape index (κ2) is 2.24. The van der Waals surface area contributed by atoms with Crippen LogP contribution in [0.15, 0.2) is 9.64 Å². The smallest absolute Gasteiger partial charge is 0.335 e. The largest absolute Gasteiger partial charge is 0.413 e. The molecule has 0 amide bonds. The molecule has 1 atom stereocenters. The van der Waals surface area contributed by atoms with Gasteiger partial charge in [-0.1, -0.05) is 5.10 Å². The Morgan fingerprint density at radius 2 is 2.33 bits per heavy atom. The number of rotatable bonds is 1. The third kappa shape index (κ3) is 1.33. The highest BCUT2D eigenvalue weighted by Gasteiger charge is 2.06. The van der Waals surface area contributed by atoms with Gasteiger partial charge in [0.15, 0.2) is 0 Å². The number of nitrogens with zero attached hydrogens (tertiary/aromatic N) is 2. The van der Waals surface area contributed by atoms with Crippen LogP contribution in [0.25, 0.3) is 0 Å². The molecule has 0 bridgehead atoms. The molecule has 0 spiro atoms. The molecule has 0 saturated heterocycles. The Kier molecular flexibility index (Phi) is 1.58. The van der Waals surface area contributed by atoms with E-state index in [9.17, 15) is 4.21 Å². The molecule has 0 aliphatic carbocycles. The summed E-state index contributed by atoms with van der Waals surface area (Å²) in [5.74, 6) is 0.285. The van der Waals surface area contributed by atoms with Crippen LogP contribution in [0, 0.1) is 6.92 Å². The molecule has 9 heavy (non-hydrogen) atoms. The molecule has 1 aromatic heterocycles. The Labute approximate surface area is 53.4 Å². The van der Waals surface area contributed by atoms with Crippen LogP contribution in [0.2, 0.25) is 0 Å². The zero-order valence-corrected chi connectivity index (χ0v) is 5.38. The second-order valence-electron chi connectivity index (χ2n) is 1.34. The topological polar surface area (TPSA) is 76.2 Å². The molecule has 0 saturated carbocycles. The van der Waals surface area contributed by atoms with Crippen molar-refractivity contribution in [2.45, 2.75) is 12.1 Å². The zero-order chi connectivity index (χ0) is 6.85. The molecule has 50 valence electrons. The van der Waals surface area contributed by atoms with Gasteiger partial charge in [-0.05, 0) is 0 Å². The Hall–Kier alpha value is -0.750. The van der Waals surface area contributed by atoms with Crippen LogP contribution in [0.3, 0.4) is 0 Å². The van der Waals surface area contributed by atoms with E-state index < -0.39 is 11.1 Å².